The Bertz CT molecular complexity index is 1130. The second kappa shape index (κ2) is 17.8. The minimum atomic E-state index is -0.494. The fourth-order valence-electron chi connectivity index (χ4n) is 11.7. The smallest absolute Gasteiger partial charge is 0.306 e. The number of carbonyl (C=O) groups excluding carboxylic acids is 1. The van der Waals surface area contributed by atoms with Gasteiger partial charge in [-0.3, -0.25) is 4.79 Å². The van der Waals surface area contributed by atoms with E-state index in [0.717, 1.165) is 32.1 Å². The van der Waals surface area contributed by atoms with Crippen molar-refractivity contribution < 1.29 is 19.3 Å². The molecule has 4 nitrogen and oxygen atoms in total. The van der Waals surface area contributed by atoms with Crippen molar-refractivity contribution in [2.45, 2.75) is 213 Å². The molecule has 0 radical (unpaired) electrons. The number of unbranched alkanes of at least 4 members (excludes halogenated alkanes) is 14. The quantitative estimate of drug-likeness (QED) is 0.0519. The second-order valence-electron chi connectivity index (χ2n) is 18.9. The normalized spacial score (nSPS) is 37.1. The number of esters is 1. The van der Waals surface area contributed by atoms with Gasteiger partial charge >= 0.3 is 5.97 Å². The summed E-state index contributed by atoms with van der Waals surface area (Å²) >= 11 is 0. The summed E-state index contributed by atoms with van der Waals surface area (Å²) in [7, 11) is 0. The van der Waals surface area contributed by atoms with E-state index in [4.69, 9.17) is 14.5 Å². The van der Waals surface area contributed by atoms with Gasteiger partial charge in [0.25, 0.3) is 0 Å². The van der Waals surface area contributed by atoms with E-state index in [1.54, 1.807) is 0 Å². The maximum Gasteiger partial charge on any atom is 0.306 e. The zero-order chi connectivity index (χ0) is 35.8. The van der Waals surface area contributed by atoms with Gasteiger partial charge in [0.1, 0.15) is 17.3 Å². The summed E-state index contributed by atoms with van der Waals surface area (Å²) in [6, 6.07) is 0. The molecule has 0 aromatic carbocycles. The van der Waals surface area contributed by atoms with E-state index < -0.39 is 5.60 Å². The van der Waals surface area contributed by atoms with Gasteiger partial charge in [-0.25, -0.2) is 9.78 Å². The maximum absolute atomic E-state index is 13.0. The monoisotopic (exact) mass is 695 g/mol. The summed E-state index contributed by atoms with van der Waals surface area (Å²) in [5, 5.41) is 0. The van der Waals surface area contributed by atoms with E-state index >= 15 is 0 Å². The molecule has 0 aromatic heterocycles. The van der Waals surface area contributed by atoms with Crippen molar-refractivity contribution in [2.75, 3.05) is 0 Å². The molecule has 6 rings (SSSR count). The lowest BCUT2D eigenvalue weighted by atomic mass is 9.42. The summed E-state index contributed by atoms with van der Waals surface area (Å²) in [5.74, 6) is 3.46. The molecule has 2 unspecified atom stereocenters. The van der Waals surface area contributed by atoms with Gasteiger partial charge in [0, 0.05) is 30.1 Å². The average Bonchev–Trinajstić information content (AvgIpc) is 3.46. The highest BCUT2D eigenvalue weighted by atomic mass is 17.2. The molecular formula is C46H78O4. The fraction of sp³-hybridized carbons (Fsp3) is 0.891. The molecule has 2 spiro atoms. The highest BCUT2D eigenvalue weighted by molar-refractivity contribution is 5.69. The predicted octanol–water partition coefficient (Wildman–Crippen LogP) is 13.3. The van der Waals surface area contributed by atoms with Crippen LogP contribution in [0.2, 0.25) is 0 Å². The maximum atomic E-state index is 13.0. The van der Waals surface area contributed by atoms with Crippen molar-refractivity contribution in [3.63, 3.8) is 0 Å². The summed E-state index contributed by atoms with van der Waals surface area (Å²) < 4.78 is 6.15. The molecule has 0 amide bonds. The van der Waals surface area contributed by atoms with Crippen LogP contribution in [0, 0.1) is 46.3 Å². The third-order valence-electron chi connectivity index (χ3n) is 15.4. The van der Waals surface area contributed by atoms with Crippen LogP contribution in [0.15, 0.2) is 24.3 Å². The van der Waals surface area contributed by atoms with Crippen LogP contribution in [0.1, 0.15) is 196 Å². The number of ether oxygens (including phenoxy) is 1. The molecule has 10 atom stereocenters. The Kier molecular flexibility index (Phi) is 14.3. The summed E-state index contributed by atoms with van der Waals surface area (Å²) in [4.78, 5) is 26.3. The molecule has 4 fully saturated rings. The Balaban J connectivity index is 1.04. The topological polar surface area (TPSA) is 44.8 Å². The van der Waals surface area contributed by atoms with Crippen molar-refractivity contribution >= 4 is 5.97 Å². The molecule has 6 aliphatic rings. The molecule has 0 N–H and O–H groups in total. The average molecular weight is 695 g/mol. The van der Waals surface area contributed by atoms with Gasteiger partial charge in [0.05, 0.1) is 0 Å². The Hall–Kier alpha value is -1.13. The molecular weight excluding hydrogens is 617 g/mol. The van der Waals surface area contributed by atoms with E-state index in [2.05, 4.69) is 72.8 Å². The van der Waals surface area contributed by atoms with Gasteiger partial charge in [-0.1, -0.05) is 157 Å². The zero-order valence-electron chi connectivity index (χ0n) is 33.7. The molecule has 0 aromatic rings. The SMILES string of the molecule is CCCCCCCCCCCCCCCCCC(=O)O[C@H]1CC[C@]2(C)C3CC[C@@]4(C)C(CC[C@@H]4[C@H](C)/C=C/[C@H](C)C(C)C)[C@@]34C=C[C@]2(C1)OO4. The van der Waals surface area contributed by atoms with Crippen LogP contribution in [-0.2, 0) is 19.3 Å². The van der Waals surface area contributed by atoms with E-state index in [1.165, 1.54) is 109 Å². The molecule has 2 bridgehead atoms. The van der Waals surface area contributed by atoms with Crippen molar-refractivity contribution in [2.24, 2.45) is 46.3 Å². The lowest BCUT2D eigenvalue weighted by Gasteiger charge is -2.69. The van der Waals surface area contributed by atoms with Crippen LogP contribution in [0.3, 0.4) is 0 Å². The zero-order valence-corrected chi connectivity index (χ0v) is 33.7. The van der Waals surface area contributed by atoms with Crippen LogP contribution in [-0.4, -0.2) is 23.3 Å². The van der Waals surface area contributed by atoms with Gasteiger partial charge in [-0.05, 0) is 80.1 Å². The summed E-state index contributed by atoms with van der Waals surface area (Å²) in [5.41, 5.74) is -0.562. The molecule has 4 heteroatoms. The minimum absolute atomic E-state index is 0.00872. The molecule has 1 saturated heterocycles. The highest BCUT2D eigenvalue weighted by Gasteiger charge is 2.74. The predicted molar refractivity (Wildman–Crippen MR) is 208 cm³/mol. The molecule has 2 heterocycles. The number of hydrogen-bond acceptors (Lipinski definition) is 4. The van der Waals surface area contributed by atoms with Crippen molar-refractivity contribution in [1.82, 2.24) is 0 Å². The Morgan fingerprint density at radius 3 is 1.94 bits per heavy atom. The summed E-state index contributed by atoms with van der Waals surface area (Å²) in [6.45, 7) is 16.8. The third-order valence-corrected chi connectivity index (χ3v) is 15.4. The first-order chi connectivity index (χ1) is 24.0. The highest BCUT2D eigenvalue weighted by Crippen LogP contribution is 2.73. The van der Waals surface area contributed by atoms with E-state index in [0.29, 0.717) is 41.9 Å². The Labute approximate surface area is 308 Å². The Morgan fingerprint density at radius 1 is 0.740 bits per heavy atom. The van der Waals surface area contributed by atoms with Crippen molar-refractivity contribution in [1.29, 1.82) is 0 Å². The standard InChI is InChI=1S/C46H78O4/c1-8-9-10-11-12-13-14-15-16-17-18-19-20-21-22-23-42(47)48-38-28-31-44(7)41-29-30-43(6)39(37(5)25-24-36(4)35(2)3)26-27-40(43)46(41)33-32-45(44,34-38)49-50-46/h24-25,32-33,35-41H,8-23,26-31,34H2,1-7H3/b25-24+/t36-,37+,38-,39+,40?,41?,43+,44+,45+,46-/m0/s1. The second-order valence-corrected chi connectivity index (χ2v) is 18.9. The molecule has 286 valence electrons. The van der Waals surface area contributed by atoms with Gasteiger partial charge < -0.3 is 4.74 Å². The first-order valence-corrected chi connectivity index (χ1v) is 22.0. The number of carbonyl (C=O) groups is 1. The van der Waals surface area contributed by atoms with Crippen molar-refractivity contribution in [3.05, 3.63) is 24.3 Å². The summed E-state index contributed by atoms with van der Waals surface area (Å²) in [6.07, 6.45) is 37.9. The first-order valence-electron chi connectivity index (χ1n) is 22.0. The number of rotatable bonds is 21. The number of hydrogen-bond donors (Lipinski definition) is 0. The molecule has 2 aliphatic heterocycles. The lowest BCUT2D eigenvalue weighted by molar-refractivity contribution is -0.497. The minimum Gasteiger partial charge on any atom is -0.462 e. The molecule has 50 heavy (non-hydrogen) atoms. The van der Waals surface area contributed by atoms with Crippen LogP contribution in [0.25, 0.3) is 0 Å². The van der Waals surface area contributed by atoms with E-state index in [1.807, 2.05) is 0 Å². The fourth-order valence-corrected chi connectivity index (χ4v) is 11.7. The lowest BCUT2D eigenvalue weighted by Crippen LogP contribution is -2.73. The van der Waals surface area contributed by atoms with Gasteiger partial charge in [-0.2, -0.15) is 0 Å². The van der Waals surface area contributed by atoms with Gasteiger partial charge in [-0.15, -0.1) is 0 Å². The largest absolute Gasteiger partial charge is 0.462 e. The van der Waals surface area contributed by atoms with Crippen LogP contribution in [0.5, 0.6) is 0 Å². The van der Waals surface area contributed by atoms with Crippen LogP contribution >= 0.6 is 0 Å². The van der Waals surface area contributed by atoms with Gasteiger partial charge in [0.2, 0.25) is 0 Å². The molecule has 3 saturated carbocycles. The van der Waals surface area contributed by atoms with E-state index in [9.17, 15) is 4.79 Å². The van der Waals surface area contributed by atoms with Crippen LogP contribution in [0.4, 0.5) is 0 Å². The van der Waals surface area contributed by atoms with Crippen LogP contribution < -0.4 is 0 Å². The van der Waals surface area contributed by atoms with Crippen molar-refractivity contribution in [3.8, 4) is 0 Å². The first kappa shape index (κ1) is 40.1. The number of allylic oxidation sites excluding steroid dienone is 2. The third kappa shape index (κ3) is 8.48. The van der Waals surface area contributed by atoms with Gasteiger partial charge in [0.15, 0.2) is 0 Å². The van der Waals surface area contributed by atoms with E-state index in [-0.39, 0.29) is 28.5 Å². The molecule has 4 aliphatic carbocycles. The number of fused-ring (bicyclic) bond motifs is 2. The Morgan fingerprint density at radius 2 is 1.36 bits per heavy atom.